The van der Waals surface area contributed by atoms with Gasteiger partial charge in [-0.15, -0.1) is 11.3 Å². The molecule has 1 aliphatic rings. The number of ether oxygens (including phenoxy) is 1. The van der Waals surface area contributed by atoms with Crippen molar-refractivity contribution in [1.29, 1.82) is 0 Å². The maximum Gasteiger partial charge on any atom is 0.254 e. The molecule has 0 radical (unpaired) electrons. The second-order valence-electron chi connectivity index (χ2n) is 4.31. The van der Waals surface area contributed by atoms with Gasteiger partial charge in [-0.1, -0.05) is 6.07 Å². The van der Waals surface area contributed by atoms with Crippen LogP contribution in [0.4, 0.5) is 0 Å². The molecule has 0 aliphatic carbocycles. The summed E-state index contributed by atoms with van der Waals surface area (Å²) >= 11 is 1.62. The van der Waals surface area contributed by atoms with Gasteiger partial charge < -0.3 is 9.64 Å². The molecular formula is C14H14N2O2S. The van der Waals surface area contributed by atoms with Crippen molar-refractivity contribution in [3.05, 3.63) is 41.4 Å². The number of aromatic nitrogens is 1. The molecule has 2 aromatic rings. The lowest BCUT2D eigenvalue weighted by atomic mass is 10.2. The van der Waals surface area contributed by atoms with Crippen LogP contribution < -0.4 is 0 Å². The lowest BCUT2D eigenvalue weighted by Crippen LogP contribution is -2.40. The number of carbonyl (C=O) groups is 1. The highest BCUT2D eigenvalue weighted by Gasteiger charge is 2.19. The summed E-state index contributed by atoms with van der Waals surface area (Å²) in [5.74, 6) is 0.0588. The molecule has 4 nitrogen and oxygen atoms in total. The molecule has 1 amide bonds. The van der Waals surface area contributed by atoms with Crippen molar-refractivity contribution in [3.8, 4) is 10.6 Å². The van der Waals surface area contributed by atoms with E-state index in [-0.39, 0.29) is 5.91 Å². The van der Waals surface area contributed by atoms with Crippen LogP contribution in [0.5, 0.6) is 0 Å². The van der Waals surface area contributed by atoms with Crippen LogP contribution in [0.3, 0.4) is 0 Å². The molecule has 3 rings (SSSR count). The van der Waals surface area contributed by atoms with E-state index < -0.39 is 0 Å². The molecule has 0 unspecified atom stereocenters. The van der Waals surface area contributed by atoms with Crippen LogP contribution in [0.2, 0.25) is 0 Å². The maximum atomic E-state index is 12.4. The van der Waals surface area contributed by atoms with Crippen LogP contribution >= 0.6 is 11.3 Å². The minimum atomic E-state index is 0.0588. The third kappa shape index (κ3) is 2.67. The molecular weight excluding hydrogens is 260 g/mol. The second-order valence-corrected chi connectivity index (χ2v) is 5.26. The second kappa shape index (κ2) is 5.50. The van der Waals surface area contributed by atoms with Crippen LogP contribution in [0.1, 0.15) is 10.4 Å². The maximum absolute atomic E-state index is 12.4. The van der Waals surface area contributed by atoms with E-state index in [0.717, 1.165) is 10.6 Å². The first kappa shape index (κ1) is 12.3. The van der Waals surface area contributed by atoms with Gasteiger partial charge >= 0.3 is 0 Å². The van der Waals surface area contributed by atoms with Gasteiger partial charge in [-0.25, -0.2) is 0 Å². The molecule has 2 aromatic heterocycles. The van der Waals surface area contributed by atoms with Crippen molar-refractivity contribution in [2.24, 2.45) is 0 Å². The van der Waals surface area contributed by atoms with Gasteiger partial charge in [0.2, 0.25) is 0 Å². The van der Waals surface area contributed by atoms with Crippen molar-refractivity contribution in [3.63, 3.8) is 0 Å². The highest BCUT2D eigenvalue weighted by Crippen LogP contribution is 2.23. The Kier molecular flexibility index (Phi) is 3.57. The molecule has 1 saturated heterocycles. The summed E-state index contributed by atoms with van der Waals surface area (Å²) in [6.45, 7) is 2.56. The van der Waals surface area contributed by atoms with E-state index in [1.165, 1.54) is 0 Å². The van der Waals surface area contributed by atoms with Gasteiger partial charge in [0.1, 0.15) is 0 Å². The summed E-state index contributed by atoms with van der Waals surface area (Å²) in [6, 6.07) is 7.63. The average molecular weight is 274 g/mol. The van der Waals surface area contributed by atoms with E-state index >= 15 is 0 Å². The van der Waals surface area contributed by atoms with Gasteiger partial charge in [0.25, 0.3) is 5.91 Å². The summed E-state index contributed by atoms with van der Waals surface area (Å²) in [6.07, 6.45) is 1.70. The van der Waals surface area contributed by atoms with E-state index in [2.05, 4.69) is 4.98 Å². The fourth-order valence-corrected chi connectivity index (χ4v) is 2.76. The number of morpholine rings is 1. The lowest BCUT2D eigenvalue weighted by molar-refractivity contribution is 0.0303. The van der Waals surface area contributed by atoms with Crippen LogP contribution in [0.15, 0.2) is 35.8 Å². The van der Waals surface area contributed by atoms with Crippen LogP contribution in [-0.4, -0.2) is 42.1 Å². The average Bonchev–Trinajstić information content (AvgIpc) is 3.02. The van der Waals surface area contributed by atoms with Crippen LogP contribution in [-0.2, 0) is 4.74 Å². The molecule has 0 spiro atoms. The van der Waals surface area contributed by atoms with Crippen molar-refractivity contribution >= 4 is 17.2 Å². The van der Waals surface area contributed by atoms with Crippen molar-refractivity contribution < 1.29 is 9.53 Å². The molecule has 0 bridgehead atoms. The minimum absolute atomic E-state index is 0.0588. The van der Waals surface area contributed by atoms with E-state index in [4.69, 9.17) is 4.74 Å². The third-order valence-corrected chi connectivity index (χ3v) is 3.97. The Morgan fingerprint density at radius 2 is 2.16 bits per heavy atom. The largest absolute Gasteiger partial charge is 0.378 e. The van der Waals surface area contributed by atoms with E-state index in [1.54, 1.807) is 23.6 Å². The van der Waals surface area contributed by atoms with Crippen LogP contribution in [0, 0.1) is 0 Å². The molecule has 1 aliphatic heterocycles. The standard InChI is InChI=1S/C14H14N2O2S/c17-14(16-5-7-18-8-6-16)11-3-4-15-12(10-11)13-2-1-9-19-13/h1-4,9-10H,5-8H2. The smallest absolute Gasteiger partial charge is 0.254 e. The highest BCUT2D eigenvalue weighted by molar-refractivity contribution is 7.13. The zero-order chi connectivity index (χ0) is 13.1. The fraction of sp³-hybridized carbons (Fsp3) is 0.286. The summed E-state index contributed by atoms with van der Waals surface area (Å²) < 4.78 is 5.26. The Morgan fingerprint density at radius 3 is 2.89 bits per heavy atom. The Morgan fingerprint density at radius 1 is 1.32 bits per heavy atom. The first-order valence-corrected chi connectivity index (χ1v) is 7.09. The van der Waals surface area contributed by atoms with Gasteiger partial charge in [-0.3, -0.25) is 9.78 Å². The van der Waals surface area contributed by atoms with Gasteiger partial charge in [-0.05, 0) is 23.6 Å². The number of thiophene rings is 1. The minimum Gasteiger partial charge on any atom is -0.378 e. The molecule has 5 heteroatoms. The van der Waals surface area contributed by atoms with Gasteiger partial charge in [0.15, 0.2) is 0 Å². The van der Waals surface area contributed by atoms with Crippen molar-refractivity contribution in [1.82, 2.24) is 9.88 Å². The Hall–Kier alpha value is -1.72. The zero-order valence-electron chi connectivity index (χ0n) is 10.4. The topological polar surface area (TPSA) is 42.4 Å². The van der Waals surface area contributed by atoms with Gasteiger partial charge in [0, 0.05) is 24.8 Å². The van der Waals surface area contributed by atoms with E-state index in [1.807, 2.05) is 28.5 Å². The summed E-state index contributed by atoms with van der Waals surface area (Å²) in [7, 11) is 0. The third-order valence-electron chi connectivity index (χ3n) is 3.08. The molecule has 0 saturated carbocycles. The van der Waals surface area contributed by atoms with Gasteiger partial charge in [0.05, 0.1) is 23.8 Å². The number of pyridine rings is 1. The molecule has 0 N–H and O–H groups in total. The monoisotopic (exact) mass is 274 g/mol. The molecule has 98 valence electrons. The Bertz CT molecular complexity index is 563. The number of nitrogens with zero attached hydrogens (tertiary/aromatic N) is 2. The highest BCUT2D eigenvalue weighted by atomic mass is 32.1. The Labute approximate surface area is 115 Å². The van der Waals surface area contributed by atoms with Gasteiger partial charge in [-0.2, -0.15) is 0 Å². The quantitative estimate of drug-likeness (QED) is 0.843. The molecule has 1 fully saturated rings. The predicted octanol–water partition coefficient (Wildman–Crippen LogP) is 2.28. The summed E-state index contributed by atoms with van der Waals surface area (Å²) in [5.41, 5.74) is 1.55. The Balaban J connectivity index is 1.84. The number of hydrogen-bond donors (Lipinski definition) is 0. The fourth-order valence-electron chi connectivity index (χ4n) is 2.07. The summed E-state index contributed by atoms with van der Waals surface area (Å²) in [4.78, 5) is 19.6. The first-order valence-electron chi connectivity index (χ1n) is 6.21. The number of carbonyl (C=O) groups excluding carboxylic acids is 1. The SMILES string of the molecule is O=C(c1ccnc(-c2cccs2)c1)N1CCOCC1. The molecule has 0 aromatic carbocycles. The molecule has 0 atom stereocenters. The van der Waals surface area contributed by atoms with Crippen molar-refractivity contribution in [2.45, 2.75) is 0 Å². The first-order chi connectivity index (χ1) is 9.34. The predicted molar refractivity (Wildman–Crippen MR) is 74.3 cm³/mol. The lowest BCUT2D eigenvalue weighted by Gasteiger charge is -2.26. The normalized spacial score (nSPS) is 15.5. The van der Waals surface area contributed by atoms with E-state index in [9.17, 15) is 4.79 Å². The summed E-state index contributed by atoms with van der Waals surface area (Å²) in [5, 5.41) is 2.01. The van der Waals surface area contributed by atoms with Crippen molar-refractivity contribution in [2.75, 3.05) is 26.3 Å². The molecule has 19 heavy (non-hydrogen) atoms. The number of rotatable bonds is 2. The molecule has 3 heterocycles. The number of amides is 1. The zero-order valence-corrected chi connectivity index (χ0v) is 11.2. The number of hydrogen-bond acceptors (Lipinski definition) is 4. The van der Waals surface area contributed by atoms with Crippen LogP contribution in [0.25, 0.3) is 10.6 Å². The van der Waals surface area contributed by atoms with E-state index in [0.29, 0.717) is 31.9 Å².